The van der Waals surface area contributed by atoms with Crippen molar-refractivity contribution in [3.8, 4) is 22.5 Å². The third kappa shape index (κ3) is 4.86. The Hall–Kier alpha value is -3.27. The number of fused-ring (bicyclic) bond motifs is 1. The van der Waals surface area contributed by atoms with Gasteiger partial charge in [0.2, 0.25) is 0 Å². The van der Waals surface area contributed by atoms with E-state index in [4.69, 9.17) is 14.8 Å². The Morgan fingerprint density at radius 3 is 2.30 bits per heavy atom. The fourth-order valence-corrected chi connectivity index (χ4v) is 6.11. The van der Waals surface area contributed by atoms with Crippen LogP contribution < -0.4 is 4.90 Å². The van der Waals surface area contributed by atoms with Gasteiger partial charge in [0, 0.05) is 61.5 Å². The molecular weight excluding hydrogens is 486 g/mol. The average molecular weight is 518 g/mol. The lowest BCUT2D eigenvalue weighted by Crippen LogP contribution is -2.49. The van der Waals surface area contributed by atoms with Gasteiger partial charge in [0.05, 0.1) is 18.1 Å². The summed E-state index contributed by atoms with van der Waals surface area (Å²) < 4.78 is 31.1. The van der Waals surface area contributed by atoms with E-state index < -0.39 is 9.84 Å². The number of pyridine rings is 1. The number of hydrogen-bond acceptors (Lipinski definition) is 7. The van der Waals surface area contributed by atoms with Gasteiger partial charge in [-0.1, -0.05) is 24.3 Å². The van der Waals surface area contributed by atoms with Gasteiger partial charge in [0.1, 0.15) is 0 Å². The van der Waals surface area contributed by atoms with Crippen LogP contribution >= 0.6 is 0 Å². The quantitative estimate of drug-likeness (QED) is 0.399. The van der Waals surface area contributed by atoms with Gasteiger partial charge in [0.25, 0.3) is 0 Å². The lowest BCUT2D eigenvalue weighted by Gasteiger charge is -2.41. The van der Waals surface area contributed by atoms with Crippen molar-refractivity contribution in [3.05, 3.63) is 66.9 Å². The third-order valence-electron chi connectivity index (χ3n) is 7.47. The van der Waals surface area contributed by atoms with Crippen molar-refractivity contribution < 1.29 is 13.2 Å². The Kier molecular flexibility index (Phi) is 6.44. The molecule has 0 radical (unpaired) electrons. The number of ether oxygens (including phenoxy) is 1. The molecule has 9 heteroatoms. The van der Waals surface area contributed by atoms with Crippen LogP contribution in [0.1, 0.15) is 12.8 Å². The Morgan fingerprint density at radius 1 is 0.865 bits per heavy atom. The molecule has 0 amide bonds. The summed E-state index contributed by atoms with van der Waals surface area (Å²) in [5.41, 5.74) is 4.73. The Bertz CT molecular complexity index is 1500. The van der Waals surface area contributed by atoms with Crippen molar-refractivity contribution in [3.63, 3.8) is 0 Å². The summed E-state index contributed by atoms with van der Waals surface area (Å²) in [6.45, 7) is 5.76. The number of anilines is 1. The van der Waals surface area contributed by atoms with Crippen LogP contribution in [0.4, 0.5) is 5.69 Å². The molecule has 192 valence electrons. The van der Waals surface area contributed by atoms with E-state index in [9.17, 15) is 8.42 Å². The first-order valence-electron chi connectivity index (χ1n) is 12.8. The van der Waals surface area contributed by atoms with E-state index in [0.717, 1.165) is 80.3 Å². The molecule has 4 heterocycles. The van der Waals surface area contributed by atoms with Crippen LogP contribution in [0.25, 0.3) is 28.2 Å². The summed E-state index contributed by atoms with van der Waals surface area (Å²) in [6.07, 6.45) is 5.40. The second-order valence-electron chi connectivity index (χ2n) is 9.81. The normalized spacial score (nSPS) is 17.9. The van der Waals surface area contributed by atoms with Gasteiger partial charge >= 0.3 is 0 Å². The van der Waals surface area contributed by atoms with Crippen molar-refractivity contribution in [2.45, 2.75) is 23.8 Å². The molecule has 2 saturated heterocycles. The van der Waals surface area contributed by atoms with Crippen LogP contribution in [0.5, 0.6) is 0 Å². The summed E-state index contributed by atoms with van der Waals surface area (Å²) >= 11 is 0. The SMILES string of the molecule is CS(=O)(=O)c1ccc(-c2cccn3nc(-c4ccccc4N4CCC(N5CCOCC5)CC4)nc23)cc1. The highest BCUT2D eigenvalue weighted by molar-refractivity contribution is 7.90. The third-order valence-corrected chi connectivity index (χ3v) is 8.60. The number of aromatic nitrogens is 3. The van der Waals surface area contributed by atoms with Gasteiger partial charge < -0.3 is 9.64 Å². The van der Waals surface area contributed by atoms with E-state index in [0.29, 0.717) is 16.8 Å². The Morgan fingerprint density at radius 2 is 1.57 bits per heavy atom. The van der Waals surface area contributed by atoms with Crippen molar-refractivity contribution in [2.24, 2.45) is 0 Å². The molecule has 0 bridgehead atoms. The molecule has 0 spiro atoms. The summed E-state index contributed by atoms with van der Waals surface area (Å²) in [4.78, 5) is 10.3. The van der Waals surface area contributed by atoms with Crippen molar-refractivity contribution in [1.82, 2.24) is 19.5 Å². The van der Waals surface area contributed by atoms with Crippen LogP contribution in [-0.2, 0) is 14.6 Å². The van der Waals surface area contributed by atoms with Crippen molar-refractivity contribution in [2.75, 3.05) is 50.5 Å². The predicted octanol–water partition coefficient (Wildman–Crippen LogP) is 3.77. The highest BCUT2D eigenvalue weighted by Gasteiger charge is 2.27. The summed E-state index contributed by atoms with van der Waals surface area (Å²) in [6, 6.07) is 19.9. The zero-order valence-electron chi connectivity index (χ0n) is 21.0. The van der Waals surface area contributed by atoms with Gasteiger partial charge in [-0.3, -0.25) is 4.90 Å². The van der Waals surface area contributed by atoms with E-state index in [1.807, 2.05) is 36.5 Å². The largest absolute Gasteiger partial charge is 0.379 e. The lowest BCUT2D eigenvalue weighted by molar-refractivity contribution is 0.0115. The second-order valence-corrected chi connectivity index (χ2v) is 11.8. The van der Waals surface area contributed by atoms with E-state index >= 15 is 0 Å². The number of sulfone groups is 1. The molecule has 0 aliphatic carbocycles. The molecule has 37 heavy (non-hydrogen) atoms. The van der Waals surface area contributed by atoms with Crippen LogP contribution in [0.3, 0.4) is 0 Å². The predicted molar refractivity (Wildman–Crippen MR) is 145 cm³/mol. The van der Waals surface area contributed by atoms with Crippen molar-refractivity contribution >= 4 is 21.2 Å². The highest BCUT2D eigenvalue weighted by Crippen LogP contribution is 2.33. The van der Waals surface area contributed by atoms with Gasteiger partial charge in [-0.05, 0) is 54.8 Å². The zero-order chi connectivity index (χ0) is 25.4. The minimum Gasteiger partial charge on any atom is -0.379 e. The average Bonchev–Trinajstić information content (AvgIpc) is 3.38. The summed E-state index contributed by atoms with van der Waals surface area (Å²) in [7, 11) is -3.25. The van der Waals surface area contributed by atoms with Crippen LogP contribution in [0.2, 0.25) is 0 Å². The molecule has 6 rings (SSSR count). The van der Waals surface area contributed by atoms with Gasteiger partial charge in [-0.15, -0.1) is 5.10 Å². The second kappa shape index (κ2) is 9.89. The monoisotopic (exact) mass is 517 g/mol. The molecule has 8 nitrogen and oxygen atoms in total. The molecule has 0 unspecified atom stereocenters. The number of rotatable bonds is 5. The molecule has 0 N–H and O–H groups in total. The molecule has 0 saturated carbocycles. The summed E-state index contributed by atoms with van der Waals surface area (Å²) in [5, 5.41) is 4.83. The fourth-order valence-electron chi connectivity index (χ4n) is 5.48. The van der Waals surface area contributed by atoms with Gasteiger partial charge in [0.15, 0.2) is 21.3 Å². The van der Waals surface area contributed by atoms with Crippen LogP contribution in [0.15, 0.2) is 71.8 Å². The van der Waals surface area contributed by atoms with Gasteiger partial charge in [-0.2, -0.15) is 0 Å². The number of para-hydroxylation sites is 1. The maximum absolute atomic E-state index is 11.9. The molecular formula is C28H31N5O3S. The van der Waals surface area contributed by atoms with Gasteiger partial charge in [-0.25, -0.2) is 17.9 Å². The molecule has 4 aromatic rings. The smallest absolute Gasteiger partial charge is 0.184 e. The first-order chi connectivity index (χ1) is 18.0. The molecule has 2 aliphatic rings. The molecule has 2 aromatic heterocycles. The fraction of sp³-hybridized carbons (Fsp3) is 0.357. The zero-order valence-corrected chi connectivity index (χ0v) is 21.8. The summed E-state index contributed by atoms with van der Waals surface area (Å²) in [5.74, 6) is 0.686. The first kappa shape index (κ1) is 24.1. The molecule has 2 aliphatic heterocycles. The first-order valence-corrected chi connectivity index (χ1v) is 14.7. The van der Waals surface area contributed by atoms with Crippen LogP contribution in [-0.4, -0.2) is 79.6 Å². The molecule has 2 fully saturated rings. The topological polar surface area (TPSA) is 80.0 Å². The molecule has 0 atom stereocenters. The van der Waals surface area contributed by atoms with E-state index in [1.54, 1.807) is 16.6 Å². The Balaban J connectivity index is 1.29. The number of nitrogens with zero attached hydrogens (tertiary/aromatic N) is 5. The number of hydrogen-bond donors (Lipinski definition) is 0. The van der Waals surface area contributed by atoms with Crippen molar-refractivity contribution in [1.29, 1.82) is 0 Å². The highest BCUT2D eigenvalue weighted by atomic mass is 32.2. The number of benzene rings is 2. The maximum Gasteiger partial charge on any atom is 0.184 e. The van der Waals surface area contributed by atoms with E-state index in [-0.39, 0.29) is 0 Å². The lowest BCUT2D eigenvalue weighted by atomic mass is 10.0. The molecule has 2 aromatic carbocycles. The minimum atomic E-state index is -3.25. The number of piperidine rings is 1. The maximum atomic E-state index is 11.9. The number of morpholine rings is 1. The van der Waals surface area contributed by atoms with Crippen LogP contribution in [0, 0.1) is 0 Å². The van der Waals surface area contributed by atoms with E-state index in [1.165, 1.54) is 6.26 Å². The standard InChI is InChI=1S/C28H31N5O3S/c1-37(34,35)23-10-8-21(9-11-23)24-6-4-14-33-28(24)29-27(30-33)25-5-2-3-7-26(25)32-15-12-22(13-16-32)31-17-19-36-20-18-31/h2-11,14,22H,12-13,15-20H2,1H3. The van der Waals surface area contributed by atoms with E-state index in [2.05, 4.69) is 28.0 Å². The minimum absolute atomic E-state index is 0.302. The Labute approximate surface area is 217 Å².